The van der Waals surface area contributed by atoms with Crippen LogP contribution in [0.15, 0.2) is 0 Å². The number of hydrogen-bond acceptors (Lipinski definition) is 4. The van der Waals surface area contributed by atoms with Crippen molar-refractivity contribution in [2.24, 2.45) is 5.73 Å². The molecule has 2 aliphatic rings. The fourth-order valence-electron chi connectivity index (χ4n) is 3.21. The molecule has 2 saturated heterocycles. The summed E-state index contributed by atoms with van der Waals surface area (Å²) in [6, 6.07) is 1.77. The van der Waals surface area contributed by atoms with Crippen LogP contribution < -0.4 is 5.73 Å². The van der Waals surface area contributed by atoms with Gasteiger partial charge in [0.25, 0.3) is 0 Å². The van der Waals surface area contributed by atoms with Gasteiger partial charge in [-0.1, -0.05) is 0 Å². The molecule has 0 aromatic heterocycles. The van der Waals surface area contributed by atoms with Gasteiger partial charge in [0.15, 0.2) is 0 Å². The van der Waals surface area contributed by atoms with Crippen LogP contribution in [0, 0.1) is 0 Å². The number of methoxy groups -OCH3 is 1. The summed E-state index contributed by atoms with van der Waals surface area (Å²) >= 11 is 0. The highest BCUT2D eigenvalue weighted by molar-refractivity contribution is 4.93. The van der Waals surface area contributed by atoms with Crippen LogP contribution in [0.25, 0.3) is 0 Å². The number of hydrogen-bond donors (Lipinski definition) is 1. The number of piperazine rings is 1. The maximum absolute atomic E-state index is 5.85. The Labute approximate surface area is 98.7 Å². The Morgan fingerprint density at radius 3 is 2.94 bits per heavy atom. The molecule has 3 unspecified atom stereocenters. The maximum atomic E-state index is 5.85. The minimum atomic E-state index is 0.391. The minimum absolute atomic E-state index is 0.391. The van der Waals surface area contributed by atoms with Gasteiger partial charge in [0, 0.05) is 44.9 Å². The van der Waals surface area contributed by atoms with Crippen LogP contribution >= 0.6 is 0 Å². The van der Waals surface area contributed by atoms with Gasteiger partial charge in [0.1, 0.15) is 0 Å². The third kappa shape index (κ3) is 2.40. The molecule has 4 heteroatoms. The summed E-state index contributed by atoms with van der Waals surface area (Å²) in [6.45, 7) is 7.43. The summed E-state index contributed by atoms with van der Waals surface area (Å²) in [7, 11) is 1.76. The van der Waals surface area contributed by atoms with Crippen molar-refractivity contribution in [2.75, 3.05) is 39.9 Å². The van der Waals surface area contributed by atoms with E-state index in [4.69, 9.17) is 10.5 Å². The highest BCUT2D eigenvalue weighted by Crippen LogP contribution is 2.25. The van der Waals surface area contributed by atoms with E-state index in [0.717, 1.165) is 12.6 Å². The van der Waals surface area contributed by atoms with E-state index in [0.29, 0.717) is 18.6 Å². The van der Waals surface area contributed by atoms with E-state index in [1.807, 2.05) is 0 Å². The quantitative estimate of drug-likeness (QED) is 0.741. The van der Waals surface area contributed by atoms with Crippen molar-refractivity contribution in [3.05, 3.63) is 0 Å². The fraction of sp³-hybridized carbons (Fsp3) is 1.00. The molecular weight excluding hydrogens is 202 g/mol. The molecule has 2 heterocycles. The first kappa shape index (κ1) is 12.3. The maximum Gasteiger partial charge on any atom is 0.0630 e. The van der Waals surface area contributed by atoms with E-state index in [-0.39, 0.29) is 0 Å². The zero-order valence-corrected chi connectivity index (χ0v) is 10.6. The average Bonchev–Trinajstić information content (AvgIpc) is 2.72. The molecule has 4 nitrogen and oxygen atoms in total. The van der Waals surface area contributed by atoms with Gasteiger partial charge in [0.2, 0.25) is 0 Å². The van der Waals surface area contributed by atoms with Gasteiger partial charge in [-0.2, -0.15) is 0 Å². The minimum Gasteiger partial charge on any atom is -0.383 e. The van der Waals surface area contributed by atoms with Crippen molar-refractivity contribution in [3.63, 3.8) is 0 Å². The Balaban J connectivity index is 1.97. The SMILES string of the molecule is COCC(CN)N1CC2CCCN2CC1C. The molecule has 94 valence electrons. The smallest absolute Gasteiger partial charge is 0.0630 e. The van der Waals surface area contributed by atoms with Gasteiger partial charge in [-0.25, -0.2) is 0 Å². The van der Waals surface area contributed by atoms with E-state index >= 15 is 0 Å². The summed E-state index contributed by atoms with van der Waals surface area (Å²) in [4.78, 5) is 5.19. The predicted molar refractivity (Wildman–Crippen MR) is 65.5 cm³/mol. The number of rotatable bonds is 4. The largest absolute Gasteiger partial charge is 0.383 e. The van der Waals surface area contributed by atoms with Gasteiger partial charge in [-0.3, -0.25) is 9.80 Å². The highest BCUT2D eigenvalue weighted by atomic mass is 16.5. The molecule has 16 heavy (non-hydrogen) atoms. The van der Waals surface area contributed by atoms with Crippen LogP contribution in [0.1, 0.15) is 19.8 Å². The Morgan fingerprint density at radius 1 is 1.44 bits per heavy atom. The standard InChI is InChI=1S/C12H25N3O/c1-10-7-14-5-3-4-11(14)8-15(10)12(6-13)9-16-2/h10-12H,3-9,13H2,1-2H3. The van der Waals surface area contributed by atoms with Crippen LogP contribution in [-0.4, -0.2) is 67.8 Å². The van der Waals surface area contributed by atoms with Crippen LogP contribution in [0.3, 0.4) is 0 Å². The van der Waals surface area contributed by atoms with Gasteiger partial charge < -0.3 is 10.5 Å². The highest BCUT2D eigenvalue weighted by Gasteiger charge is 2.36. The van der Waals surface area contributed by atoms with Crippen molar-refractivity contribution in [3.8, 4) is 0 Å². The lowest BCUT2D eigenvalue weighted by molar-refractivity contribution is 0.00323. The van der Waals surface area contributed by atoms with Crippen LogP contribution in [-0.2, 0) is 4.74 Å². The molecule has 0 spiro atoms. The molecule has 0 aliphatic carbocycles. The average molecular weight is 227 g/mol. The predicted octanol–water partition coefficient (Wildman–Crippen LogP) is 0.129. The van der Waals surface area contributed by atoms with Crippen LogP contribution in [0.5, 0.6) is 0 Å². The Morgan fingerprint density at radius 2 is 2.25 bits per heavy atom. The van der Waals surface area contributed by atoms with Crippen molar-refractivity contribution in [1.82, 2.24) is 9.80 Å². The molecule has 2 aliphatic heterocycles. The van der Waals surface area contributed by atoms with Gasteiger partial charge in [0.05, 0.1) is 6.61 Å². The van der Waals surface area contributed by atoms with Gasteiger partial charge in [-0.15, -0.1) is 0 Å². The molecule has 3 atom stereocenters. The van der Waals surface area contributed by atoms with Gasteiger partial charge in [-0.05, 0) is 26.3 Å². The van der Waals surface area contributed by atoms with Crippen molar-refractivity contribution >= 4 is 0 Å². The topological polar surface area (TPSA) is 41.7 Å². The molecule has 2 rings (SSSR count). The summed E-state index contributed by atoms with van der Waals surface area (Å²) in [6.07, 6.45) is 2.72. The third-order valence-corrected chi connectivity index (χ3v) is 4.09. The fourth-order valence-corrected chi connectivity index (χ4v) is 3.21. The molecule has 0 saturated carbocycles. The van der Waals surface area contributed by atoms with Crippen LogP contribution in [0.4, 0.5) is 0 Å². The number of fused-ring (bicyclic) bond motifs is 1. The first-order valence-corrected chi connectivity index (χ1v) is 6.45. The summed E-state index contributed by atoms with van der Waals surface area (Å²) < 4.78 is 5.27. The lowest BCUT2D eigenvalue weighted by atomic mass is 10.1. The van der Waals surface area contributed by atoms with E-state index in [1.54, 1.807) is 7.11 Å². The van der Waals surface area contributed by atoms with Crippen molar-refractivity contribution in [1.29, 1.82) is 0 Å². The molecule has 0 aromatic carbocycles. The third-order valence-electron chi connectivity index (χ3n) is 4.09. The van der Waals surface area contributed by atoms with Crippen molar-refractivity contribution < 1.29 is 4.74 Å². The Bertz CT molecular complexity index is 224. The monoisotopic (exact) mass is 227 g/mol. The number of ether oxygens (including phenoxy) is 1. The van der Waals surface area contributed by atoms with E-state index in [9.17, 15) is 0 Å². The molecule has 2 fully saturated rings. The second-order valence-corrected chi connectivity index (χ2v) is 5.18. The second-order valence-electron chi connectivity index (χ2n) is 5.18. The van der Waals surface area contributed by atoms with Crippen LogP contribution in [0.2, 0.25) is 0 Å². The number of nitrogens with zero attached hydrogens (tertiary/aromatic N) is 2. The zero-order valence-electron chi connectivity index (χ0n) is 10.6. The lowest BCUT2D eigenvalue weighted by Crippen LogP contribution is -2.60. The van der Waals surface area contributed by atoms with E-state index in [1.165, 1.54) is 32.5 Å². The van der Waals surface area contributed by atoms with E-state index in [2.05, 4.69) is 16.7 Å². The summed E-state index contributed by atoms with van der Waals surface area (Å²) in [5.41, 5.74) is 5.85. The molecule has 0 aromatic rings. The Kier molecular flexibility index (Phi) is 4.19. The number of nitrogens with two attached hydrogens (primary N) is 1. The second kappa shape index (κ2) is 5.45. The first-order chi connectivity index (χ1) is 7.76. The van der Waals surface area contributed by atoms with Crippen molar-refractivity contribution in [2.45, 2.75) is 37.9 Å². The van der Waals surface area contributed by atoms with Gasteiger partial charge >= 0.3 is 0 Å². The molecule has 0 bridgehead atoms. The normalized spacial score (nSPS) is 33.9. The summed E-state index contributed by atoms with van der Waals surface area (Å²) in [5, 5.41) is 0. The first-order valence-electron chi connectivity index (χ1n) is 6.45. The molecule has 0 radical (unpaired) electrons. The molecule has 0 amide bonds. The Hall–Kier alpha value is -0.160. The lowest BCUT2D eigenvalue weighted by Gasteiger charge is -2.45. The molecular formula is C12H25N3O. The molecule has 2 N–H and O–H groups in total. The summed E-state index contributed by atoms with van der Waals surface area (Å²) in [5.74, 6) is 0. The zero-order chi connectivity index (χ0) is 11.5. The van der Waals surface area contributed by atoms with E-state index < -0.39 is 0 Å².